The highest BCUT2D eigenvalue weighted by Gasteiger charge is 2.38. The molecule has 0 saturated heterocycles. The van der Waals surface area contributed by atoms with E-state index < -0.39 is 11.9 Å². The second-order valence-electron chi connectivity index (χ2n) is 10.7. The molecule has 0 N–H and O–H groups in total. The molecule has 0 amide bonds. The van der Waals surface area contributed by atoms with E-state index in [2.05, 4.69) is 48.5 Å². The lowest BCUT2D eigenvalue weighted by Crippen LogP contribution is -2.02. The van der Waals surface area contributed by atoms with Crippen LogP contribution in [0.5, 0.6) is 0 Å². The van der Waals surface area contributed by atoms with Gasteiger partial charge in [0.05, 0.1) is 11.1 Å². The summed E-state index contributed by atoms with van der Waals surface area (Å²) in [6.07, 6.45) is 0. The van der Waals surface area contributed by atoms with Crippen LogP contribution in [0.1, 0.15) is 20.7 Å². The fraction of sp³-hybridized carbons (Fsp3) is 0. The number of cyclic esters (lactones) is 2. The van der Waals surface area contributed by atoms with Gasteiger partial charge in [0.2, 0.25) is 0 Å². The van der Waals surface area contributed by atoms with Crippen molar-refractivity contribution in [3.8, 4) is 44.5 Å². The Morgan fingerprint density at radius 3 is 1.00 bits per heavy atom. The number of carbonyl (C=O) groups is 2. The molecular weight excluding hydrogens is 528 g/mol. The van der Waals surface area contributed by atoms with Crippen LogP contribution in [0.25, 0.3) is 66.1 Å². The first-order chi connectivity index (χ1) is 21.2. The highest BCUT2D eigenvalue weighted by molar-refractivity contribution is 6.29. The second kappa shape index (κ2) is 9.93. The molecule has 0 aliphatic carbocycles. The zero-order valence-electron chi connectivity index (χ0n) is 23.1. The molecule has 1 aliphatic rings. The van der Waals surface area contributed by atoms with Crippen molar-refractivity contribution in [3.63, 3.8) is 0 Å². The predicted molar refractivity (Wildman–Crippen MR) is 173 cm³/mol. The minimum Gasteiger partial charge on any atom is -0.386 e. The summed E-state index contributed by atoms with van der Waals surface area (Å²) in [5.41, 5.74) is 8.18. The van der Waals surface area contributed by atoms with Crippen LogP contribution in [0.3, 0.4) is 0 Å². The third-order valence-corrected chi connectivity index (χ3v) is 8.33. The first-order valence-electron chi connectivity index (χ1n) is 14.3. The largest absolute Gasteiger partial charge is 0.386 e. The van der Waals surface area contributed by atoms with E-state index in [0.29, 0.717) is 22.3 Å². The van der Waals surface area contributed by atoms with Gasteiger partial charge in [0.15, 0.2) is 0 Å². The molecule has 0 fully saturated rings. The molecule has 202 valence electrons. The van der Waals surface area contributed by atoms with E-state index >= 15 is 0 Å². The van der Waals surface area contributed by atoms with Crippen molar-refractivity contribution in [2.24, 2.45) is 0 Å². The van der Waals surface area contributed by atoms with Gasteiger partial charge >= 0.3 is 11.9 Å². The Bertz CT molecular complexity index is 2040. The van der Waals surface area contributed by atoms with Gasteiger partial charge in [-0.2, -0.15) is 0 Å². The number of rotatable bonds is 4. The van der Waals surface area contributed by atoms with Crippen molar-refractivity contribution in [2.75, 3.05) is 0 Å². The fourth-order valence-corrected chi connectivity index (χ4v) is 6.47. The molecule has 7 aromatic carbocycles. The van der Waals surface area contributed by atoms with Gasteiger partial charge in [0.1, 0.15) is 0 Å². The lowest BCUT2D eigenvalue weighted by Gasteiger charge is -2.19. The number of hydrogen-bond acceptors (Lipinski definition) is 3. The number of esters is 2. The van der Waals surface area contributed by atoms with Gasteiger partial charge in [-0.1, -0.05) is 133 Å². The van der Waals surface area contributed by atoms with Crippen LogP contribution >= 0.6 is 0 Å². The Hall–Kier alpha value is -5.80. The Balaban J connectivity index is 1.62. The van der Waals surface area contributed by atoms with E-state index in [4.69, 9.17) is 4.74 Å². The van der Waals surface area contributed by atoms with Crippen molar-refractivity contribution in [2.45, 2.75) is 0 Å². The highest BCUT2D eigenvalue weighted by atomic mass is 16.6. The van der Waals surface area contributed by atoms with E-state index in [9.17, 15) is 9.59 Å². The van der Waals surface area contributed by atoms with Crippen LogP contribution in [0, 0.1) is 0 Å². The molecule has 7 aromatic rings. The molecule has 43 heavy (non-hydrogen) atoms. The van der Waals surface area contributed by atoms with Crippen molar-refractivity contribution >= 4 is 33.5 Å². The third-order valence-electron chi connectivity index (χ3n) is 8.33. The monoisotopic (exact) mass is 552 g/mol. The number of ether oxygens (including phenoxy) is 1. The molecule has 3 heteroatoms. The summed E-state index contributed by atoms with van der Waals surface area (Å²) < 4.78 is 5.33. The maximum Gasteiger partial charge on any atom is 0.347 e. The summed E-state index contributed by atoms with van der Waals surface area (Å²) >= 11 is 0. The molecule has 8 rings (SSSR count). The van der Waals surface area contributed by atoms with E-state index in [1.807, 2.05) is 97.1 Å². The molecule has 0 aromatic heterocycles. The number of benzene rings is 7. The molecule has 0 spiro atoms. The SMILES string of the molecule is O=C1OC(=O)c2c1c(-c1ccccc1)c1cc3c(-c4ccccc4)ccc(-c4ccccc4)c3cc1c2-c1ccccc1. The Kier molecular flexibility index (Phi) is 5.76. The summed E-state index contributed by atoms with van der Waals surface area (Å²) in [5.74, 6) is -1.22. The van der Waals surface area contributed by atoms with Crippen molar-refractivity contribution in [1.29, 1.82) is 0 Å². The number of carbonyl (C=O) groups excluding carboxylic acids is 2. The van der Waals surface area contributed by atoms with Crippen LogP contribution in [0.2, 0.25) is 0 Å². The lowest BCUT2D eigenvalue weighted by molar-refractivity contribution is 0.0444. The summed E-state index contributed by atoms with van der Waals surface area (Å²) in [6, 6.07) is 49.1. The van der Waals surface area contributed by atoms with Gasteiger partial charge in [-0.3, -0.25) is 0 Å². The van der Waals surface area contributed by atoms with Gasteiger partial charge in [0, 0.05) is 11.1 Å². The van der Waals surface area contributed by atoms with Crippen molar-refractivity contribution in [3.05, 3.63) is 157 Å². The molecule has 0 unspecified atom stereocenters. The minimum atomic E-state index is -0.612. The molecule has 1 heterocycles. The summed E-state index contributed by atoms with van der Waals surface area (Å²) in [6.45, 7) is 0. The highest BCUT2D eigenvalue weighted by Crippen LogP contribution is 2.48. The first-order valence-corrected chi connectivity index (χ1v) is 14.3. The first kappa shape index (κ1) is 25.0. The summed E-state index contributed by atoms with van der Waals surface area (Å²) in [5, 5.41) is 3.92. The van der Waals surface area contributed by atoms with Gasteiger partial charge in [-0.25, -0.2) is 9.59 Å². The minimum absolute atomic E-state index is 0.322. The molecular formula is C40H24O3. The molecule has 3 nitrogen and oxygen atoms in total. The van der Waals surface area contributed by atoms with Crippen LogP contribution in [-0.4, -0.2) is 11.9 Å². The van der Waals surface area contributed by atoms with Crippen LogP contribution in [-0.2, 0) is 4.74 Å². The average molecular weight is 553 g/mol. The van der Waals surface area contributed by atoms with Crippen LogP contribution in [0.15, 0.2) is 146 Å². The van der Waals surface area contributed by atoms with Gasteiger partial charge < -0.3 is 4.74 Å². The Morgan fingerprint density at radius 2 is 0.651 bits per heavy atom. The maximum absolute atomic E-state index is 13.4. The van der Waals surface area contributed by atoms with Crippen molar-refractivity contribution in [1.82, 2.24) is 0 Å². The summed E-state index contributed by atoms with van der Waals surface area (Å²) in [4.78, 5) is 26.9. The van der Waals surface area contributed by atoms with Gasteiger partial charge in [-0.15, -0.1) is 0 Å². The molecule has 0 atom stereocenters. The Morgan fingerprint density at radius 1 is 0.326 bits per heavy atom. The third kappa shape index (κ3) is 3.98. The van der Waals surface area contributed by atoms with Gasteiger partial charge in [-0.05, 0) is 67.1 Å². The molecule has 0 saturated carbocycles. The lowest BCUT2D eigenvalue weighted by atomic mass is 9.81. The van der Waals surface area contributed by atoms with E-state index in [1.54, 1.807) is 0 Å². The Labute approximate surface area is 248 Å². The molecule has 0 radical (unpaired) electrons. The smallest absolute Gasteiger partial charge is 0.347 e. The number of hydrogen-bond donors (Lipinski definition) is 0. The normalized spacial score (nSPS) is 12.5. The van der Waals surface area contributed by atoms with Gasteiger partial charge in [0.25, 0.3) is 0 Å². The van der Waals surface area contributed by atoms with Crippen LogP contribution in [0.4, 0.5) is 0 Å². The average Bonchev–Trinajstić information content (AvgIpc) is 3.36. The molecule has 1 aliphatic heterocycles. The van der Waals surface area contributed by atoms with E-state index in [-0.39, 0.29) is 0 Å². The van der Waals surface area contributed by atoms with Crippen molar-refractivity contribution < 1.29 is 14.3 Å². The fourth-order valence-electron chi connectivity index (χ4n) is 6.47. The topological polar surface area (TPSA) is 43.4 Å². The molecule has 0 bridgehead atoms. The second-order valence-corrected chi connectivity index (χ2v) is 10.7. The van der Waals surface area contributed by atoms with E-state index in [0.717, 1.165) is 54.9 Å². The quantitative estimate of drug-likeness (QED) is 0.124. The predicted octanol–water partition coefficient (Wildman–Crippen LogP) is 9.97. The standard InChI is InChI=1S/C40H24O3/c41-39-37-35(27-17-9-3-10-18-27)33-23-31-29(25-13-5-1-6-14-25)21-22-30(26-15-7-2-8-16-26)32(31)24-34(33)36(38(37)40(42)43-39)28-19-11-4-12-20-28/h1-24H. The zero-order valence-corrected chi connectivity index (χ0v) is 23.1. The maximum atomic E-state index is 13.4. The number of fused-ring (bicyclic) bond motifs is 3. The van der Waals surface area contributed by atoms with E-state index in [1.165, 1.54) is 0 Å². The summed E-state index contributed by atoms with van der Waals surface area (Å²) in [7, 11) is 0. The zero-order chi connectivity index (χ0) is 28.9. The van der Waals surface area contributed by atoms with Crippen LogP contribution < -0.4 is 0 Å².